The van der Waals surface area contributed by atoms with Crippen LogP contribution in [-0.4, -0.2) is 60.3 Å². The minimum Gasteiger partial charge on any atom is -0.494 e. The fraction of sp³-hybridized carbons (Fsp3) is 0.333. The van der Waals surface area contributed by atoms with E-state index in [2.05, 4.69) is 25.9 Å². The zero-order valence-electron chi connectivity index (χ0n) is 24.9. The number of halogens is 2. The van der Waals surface area contributed by atoms with Crippen LogP contribution in [-0.2, 0) is 26.2 Å². The number of carboxylic acids is 1. The molecular weight excluding hydrogens is 599 g/mol. The average molecular weight is 631 g/mol. The van der Waals surface area contributed by atoms with Gasteiger partial charge in [0.1, 0.15) is 29.5 Å². The van der Waals surface area contributed by atoms with Gasteiger partial charge in [0.2, 0.25) is 5.88 Å². The molecule has 1 N–H and O–H groups in total. The summed E-state index contributed by atoms with van der Waals surface area (Å²) in [6.07, 6.45) is 3.64. The second-order valence-electron chi connectivity index (χ2n) is 11.6. The van der Waals surface area contributed by atoms with Crippen molar-refractivity contribution in [3.8, 4) is 11.6 Å². The highest BCUT2D eigenvalue weighted by molar-refractivity contribution is 6.30. The Morgan fingerprint density at radius 3 is 2.67 bits per heavy atom. The Morgan fingerprint density at radius 2 is 1.93 bits per heavy atom. The van der Waals surface area contributed by atoms with E-state index >= 15 is 0 Å². The van der Waals surface area contributed by atoms with E-state index in [-0.39, 0.29) is 12.2 Å². The van der Waals surface area contributed by atoms with E-state index in [1.807, 2.05) is 18.3 Å². The van der Waals surface area contributed by atoms with Crippen molar-refractivity contribution in [2.75, 3.05) is 20.2 Å². The van der Waals surface area contributed by atoms with Gasteiger partial charge in [0, 0.05) is 54.1 Å². The van der Waals surface area contributed by atoms with Crippen molar-refractivity contribution < 1.29 is 23.8 Å². The Hall–Kier alpha value is -4.48. The van der Waals surface area contributed by atoms with Crippen molar-refractivity contribution in [2.24, 2.45) is 11.8 Å². The van der Waals surface area contributed by atoms with Gasteiger partial charge >= 0.3 is 5.97 Å². The summed E-state index contributed by atoms with van der Waals surface area (Å²) >= 11 is 5.86. The first-order chi connectivity index (χ1) is 21.8. The smallest absolute Gasteiger partial charge is 0.335 e. The summed E-state index contributed by atoms with van der Waals surface area (Å²) in [6, 6.07) is 13.5. The first kappa shape index (κ1) is 29.2. The molecule has 0 spiro atoms. The van der Waals surface area contributed by atoms with Gasteiger partial charge in [0.15, 0.2) is 0 Å². The Morgan fingerprint density at radius 1 is 1.11 bits per heavy atom. The van der Waals surface area contributed by atoms with Crippen molar-refractivity contribution in [2.45, 2.75) is 39.1 Å². The van der Waals surface area contributed by atoms with Crippen LogP contribution in [0, 0.1) is 17.7 Å². The molecule has 1 saturated heterocycles. The van der Waals surface area contributed by atoms with E-state index in [1.54, 1.807) is 30.6 Å². The van der Waals surface area contributed by atoms with Crippen LogP contribution in [0.4, 0.5) is 4.39 Å². The second kappa shape index (κ2) is 11.8. The molecule has 0 amide bonds. The van der Waals surface area contributed by atoms with Crippen molar-refractivity contribution in [3.63, 3.8) is 0 Å². The third-order valence-electron chi connectivity index (χ3n) is 8.94. The van der Waals surface area contributed by atoms with Gasteiger partial charge in [0.25, 0.3) is 0 Å². The molecule has 2 unspecified atom stereocenters. The number of carboxylic acid groups (broad SMARTS) is 1. The maximum Gasteiger partial charge on any atom is 0.335 e. The number of ether oxygens (including phenoxy) is 2. The van der Waals surface area contributed by atoms with Crippen LogP contribution in [0.2, 0.25) is 5.02 Å². The molecule has 12 heteroatoms. The number of aryl methyl sites for hydroxylation is 1. The number of carbonyl (C=O) groups is 1. The van der Waals surface area contributed by atoms with Gasteiger partial charge in [0.05, 0.1) is 43.3 Å². The number of aromatic nitrogens is 5. The molecule has 1 aliphatic carbocycles. The van der Waals surface area contributed by atoms with Crippen molar-refractivity contribution in [1.82, 2.24) is 29.0 Å². The third-order valence-corrected chi connectivity index (χ3v) is 9.17. The number of pyridine rings is 1. The molecule has 5 aromatic rings. The van der Waals surface area contributed by atoms with Crippen molar-refractivity contribution in [1.29, 1.82) is 0 Å². The molecule has 2 atom stereocenters. The number of aromatic carboxylic acids is 1. The molecule has 0 bridgehead atoms. The van der Waals surface area contributed by atoms with E-state index in [9.17, 15) is 14.3 Å². The van der Waals surface area contributed by atoms with Crippen LogP contribution in [0.3, 0.4) is 0 Å². The summed E-state index contributed by atoms with van der Waals surface area (Å²) in [6.45, 7) is 5.82. The first-order valence-corrected chi connectivity index (χ1v) is 15.3. The molecule has 7 rings (SSSR count). The molecule has 1 saturated carbocycles. The number of hydrogen-bond acceptors (Lipinski definition) is 7. The second-order valence-corrected chi connectivity index (χ2v) is 12.0. The molecule has 0 radical (unpaired) electrons. The standard InChI is InChI=1S/C33H32ClFN6O4/c1-3-40-18-36-12-22(40)13-41-27-9-20(33(42)43)10-28(44-2)32(27)38-29(41)16-39-14-23-24(15-39)31(23)26-5-4-6-30(37-26)45-17-19-7-8-21(34)11-25(19)35/h4-12,18,23-24,31H,3,13-17H2,1-2H3,(H,42,43). The average Bonchev–Trinajstić information content (AvgIpc) is 3.36. The van der Waals surface area contributed by atoms with E-state index < -0.39 is 11.8 Å². The zero-order valence-corrected chi connectivity index (χ0v) is 25.6. The van der Waals surface area contributed by atoms with Crippen molar-refractivity contribution in [3.05, 3.63) is 100 Å². The van der Waals surface area contributed by atoms with Gasteiger partial charge < -0.3 is 23.7 Å². The normalized spacial score (nSPS) is 19.2. The fourth-order valence-corrected chi connectivity index (χ4v) is 6.77. The number of piperidine rings is 1. The largest absolute Gasteiger partial charge is 0.494 e. The molecule has 2 fully saturated rings. The predicted molar refractivity (Wildman–Crippen MR) is 165 cm³/mol. The van der Waals surface area contributed by atoms with Crippen LogP contribution in [0.15, 0.2) is 61.1 Å². The number of methoxy groups -OCH3 is 1. The SMILES string of the molecule is CCn1cncc1Cn1c(CN2CC3C(C2)C3c2cccc(OCc3ccc(Cl)cc3F)n2)nc2c(OC)cc(C(=O)O)cc21. The van der Waals surface area contributed by atoms with E-state index in [4.69, 9.17) is 31.0 Å². The quantitative estimate of drug-likeness (QED) is 0.200. The predicted octanol–water partition coefficient (Wildman–Crippen LogP) is 5.62. The van der Waals surface area contributed by atoms with Crippen LogP contribution >= 0.6 is 11.6 Å². The highest BCUT2D eigenvalue weighted by Crippen LogP contribution is 2.58. The van der Waals surface area contributed by atoms with E-state index in [0.29, 0.717) is 64.1 Å². The third kappa shape index (κ3) is 5.62. The lowest BCUT2D eigenvalue weighted by molar-refractivity contribution is 0.0696. The van der Waals surface area contributed by atoms with Gasteiger partial charge in [-0.2, -0.15) is 0 Å². The molecule has 10 nitrogen and oxygen atoms in total. The maximum atomic E-state index is 14.2. The van der Waals surface area contributed by atoms with Crippen LogP contribution in [0.1, 0.15) is 46.0 Å². The van der Waals surface area contributed by atoms with E-state index in [0.717, 1.165) is 36.8 Å². The number of hydrogen-bond donors (Lipinski definition) is 1. The fourth-order valence-electron chi connectivity index (χ4n) is 6.61. The summed E-state index contributed by atoms with van der Waals surface area (Å²) in [5, 5.41) is 10.1. The Kier molecular flexibility index (Phi) is 7.66. The summed E-state index contributed by atoms with van der Waals surface area (Å²) in [4.78, 5) is 28.4. The first-order valence-electron chi connectivity index (χ1n) is 14.9. The minimum absolute atomic E-state index is 0.0730. The van der Waals surface area contributed by atoms with Crippen LogP contribution in [0.5, 0.6) is 11.6 Å². The molecule has 45 heavy (non-hydrogen) atoms. The molecule has 2 aromatic carbocycles. The zero-order chi connectivity index (χ0) is 31.2. The molecule has 3 aromatic heterocycles. The lowest BCUT2D eigenvalue weighted by Gasteiger charge is -2.20. The maximum absolute atomic E-state index is 14.2. The Labute approximate surface area is 264 Å². The topological polar surface area (TPSA) is 108 Å². The number of nitrogens with zero attached hydrogens (tertiary/aromatic N) is 6. The summed E-state index contributed by atoms with van der Waals surface area (Å²) in [5.41, 5.74) is 3.93. The summed E-state index contributed by atoms with van der Waals surface area (Å²) in [5.74, 6) is 1.60. The highest BCUT2D eigenvalue weighted by Gasteiger charge is 2.57. The van der Waals surface area contributed by atoms with Gasteiger partial charge in [-0.1, -0.05) is 23.7 Å². The summed E-state index contributed by atoms with van der Waals surface area (Å²) in [7, 11) is 1.53. The molecule has 1 aliphatic heterocycles. The summed E-state index contributed by atoms with van der Waals surface area (Å²) < 4.78 is 29.7. The van der Waals surface area contributed by atoms with E-state index in [1.165, 1.54) is 19.2 Å². The van der Waals surface area contributed by atoms with Crippen LogP contribution in [0.25, 0.3) is 11.0 Å². The van der Waals surface area contributed by atoms with Crippen molar-refractivity contribution >= 4 is 28.6 Å². The lowest BCUT2D eigenvalue weighted by atomic mass is 10.1. The number of imidazole rings is 2. The number of rotatable bonds is 11. The number of likely N-dealkylation sites (tertiary alicyclic amines) is 1. The molecule has 2 aliphatic rings. The number of fused-ring (bicyclic) bond motifs is 2. The Bertz CT molecular complexity index is 1900. The van der Waals surface area contributed by atoms with Crippen LogP contribution < -0.4 is 9.47 Å². The van der Waals surface area contributed by atoms with Gasteiger partial charge in [-0.05, 0) is 49.1 Å². The molecular formula is C33H32ClFN6O4. The lowest BCUT2D eigenvalue weighted by Crippen LogP contribution is -2.26. The monoisotopic (exact) mass is 630 g/mol. The molecule has 232 valence electrons. The van der Waals surface area contributed by atoms with Gasteiger partial charge in [-0.25, -0.2) is 24.1 Å². The molecule has 4 heterocycles. The van der Waals surface area contributed by atoms with Gasteiger partial charge in [-0.3, -0.25) is 4.90 Å². The number of benzene rings is 2. The Balaban J connectivity index is 1.08. The minimum atomic E-state index is -1.02. The van der Waals surface area contributed by atoms with Gasteiger partial charge in [-0.15, -0.1) is 0 Å². The highest BCUT2D eigenvalue weighted by atomic mass is 35.5.